The van der Waals surface area contributed by atoms with E-state index in [0.717, 1.165) is 0 Å². The third-order valence-corrected chi connectivity index (χ3v) is 3.18. The normalized spacial score (nSPS) is 14.4. The van der Waals surface area contributed by atoms with Crippen molar-refractivity contribution in [3.63, 3.8) is 0 Å². The number of aliphatic hydroxyl groups excluding tert-OH is 2. The highest BCUT2D eigenvalue weighted by molar-refractivity contribution is 9.09. The largest absolute Gasteiger partial charge is 0.389 e. The summed E-state index contributed by atoms with van der Waals surface area (Å²) in [6, 6.07) is 3.24. The van der Waals surface area contributed by atoms with Gasteiger partial charge in [0.2, 0.25) is 0 Å². The summed E-state index contributed by atoms with van der Waals surface area (Å²) in [4.78, 5) is 0. The molecule has 0 aromatic carbocycles. The van der Waals surface area contributed by atoms with Gasteiger partial charge in [-0.25, -0.2) is 4.68 Å². The van der Waals surface area contributed by atoms with Gasteiger partial charge in [0.05, 0.1) is 12.3 Å². The molecular weight excluding hydrogens is 323 g/mol. The van der Waals surface area contributed by atoms with Gasteiger partial charge in [0.1, 0.15) is 6.10 Å². The molecule has 0 saturated heterocycles. The van der Waals surface area contributed by atoms with Crippen molar-refractivity contribution in [2.45, 2.75) is 12.2 Å². The lowest BCUT2D eigenvalue weighted by atomic mass is 10.1. The number of nitrogens with zero attached hydrogens (tertiary/aromatic N) is 4. The zero-order valence-corrected chi connectivity index (χ0v) is 11.5. The predicted octanol–water partition coefficient (Wildman–Crippen LogP) is 1.10. The summed E-state index contributed by atoms with van der Waals surface area (Å²) in [5.41, 5.74) is 0.499. The maximum atomic E-state index is 9.80. The van der Waals surface area contributed by atoms with Crippen LogP contribution < -0.4 is 0 Å². The van der Waals surface area contributed by atoms with Gasteiger partial charge in [-0.05, 0) is 12.1 Å². The molecule has 8 heteroatoms. The number of hydrogen-bond acceptors (Lipinski definition) is 5. The number of halogens is 2. The monoisotopic (exact) mass is 332 g/mol. The number of aromatic nitrogens is 4. The molecular formula is C10H10BrClN4O2. The van der Waals surface area contributed by atoms with Gasteiger partial charge in [-0.15, -0.1) is 10.2 Å². The first-order valence-corrected chi connectivity index (χ1v) is 6.58. The molecule has 2 atom stereocenters. The summed E-state index contributed by atoms with van der Waals surface area (Å²) >= 11 is 8.73. The number of alkyl halides is 1. The van der Waals surface area contributed by atoms with Crippen molar-refractivity contribution >= 4 is 27.5 Å². The van der Waals surface area contributed by atoms with Crippen LogP contribution in [0.2, 0.25) is 5.15 Å². The lowest BCUT2D eigenvalue weighted by Gasteiger charge is -2.12. The second-order valence-electron chi connectivity index (χ2n) is 3.60. The van der Waals surface area contributed by atoms with Gasteiger partial charge in [0, 0.05) is 17.1 Å². The van der Waals surface area contributed by atoms with Gasteiger partial charge in [-0.3, -0.25) is 0 Å². The van der Waals surface area contributed by atoms with E-state index in [1.807, 2.05) is 0 Å². The Kier molecular flexibility index (Phi) is 4.28. The van der Waals surface area contributed by atoms with Crippen molar-refractivity contribution in [3.8, 4) is 5.82 Å². The molecule has 2 unspecified atom stereocenters. The Morgan fingerprint density at radius 3 is 2.72 bits per heavy atom. The Morgan fingerprint density at radius 2 is 2.11 bits per heavy atom. The van der Waals surface area contributed by atoms with Gasteiger partial charge in [0.25, 0.3) is 0 Å². The molecule has 0 aliphatic heterocycles. The molecule has 2 rings (SSSR count). The summed E-state index contributed by atoms with van der Waals surface area (Å²) in [7, 11) is 0. The van der Waals surface area contributed by atoms with Crippen LogP contribution >= 0.6 is 27.5 Å². The molecule has 0 bridgehead atoms. The second kappa shape index (κ2) is 5.75. The van der Waals surface area contributed by atoms with Crippen molar-refractivity contribution in [2.75, 3.05) is 5.33 Å². The standard InChI is InChI=1S/C10H10BrClN4O2/c11-3-7(17)10(18)6-4-13-16(5-6)9-2-1-8(12)14-15-9/h1-2,4-5,7,10,17-18H,3H2. The molecule has 2 aromatic rings. The van der Waals surface area contributed by atoms with Crippen LogP contribution in [0.1, 0.15) is 11.7 Å². The second-order valence-corrected chi connectivity index (χ2v) is 4.63. The lowest BCUT2D eigenvalue weighted by molar-refractivity contribution is 0.0342. The fraction of sp³-hybridized carbons (Fsp3) is 0.300. The van der Waals surface area contributed by atoms with Crippen LogP contribution in [0.5, 0.6) is 0 Å². The van der Waals surface area contributed by atoms with Gasteiger partial charge < -0.3 is 10.2 Å². The molecule has 0 fully saturated rings. The van der Waals surface area contributed by atoms with Gasteiger partial charge >= 0.3 is 0 Å². The topological polar surface area (TPSA) is 84.1 Å². The van der Waals surface area contributed by atoms with E-state index in [0.29, 0.717) is 16.5 Å². The Bertz CT molecular complexity index is 519. The van der Waals surface area contributed by atoms with Crippen molar-refractivity contribution in [3.05, 3.63) is 35.2 Å². The number of hydrogen-bond donors (Lipinski definition) is 2. The van der Waals surface area contributed by atoms with E-state index in [4.69, 9.17) is 11.6 Å². The van der Waals surface area contributed by atoms with E-state index in [2.05, 4.69) is 31.2 Å². The Morgan fingerprint density at radius 1 is 1.33 bits per heavy atom. The molecule has 0 amide bonds. The fourth-order valence-corrected chi connectivity index (χ4v) is 1.81. The highest BCUT2D eigenvalue weighted by atomic mass is 79.9. The maximum Gasteiger partial charge on any atom is 0.175 e. The van der Waals surface area contributed by atoms with Crippen LogP contribution in [0.3, 0.4) is 0 Å². The Balaban J connectivity index is 2.22. The van der Waals surface area contributed by atoms with Gasteiger partial charge in [-0.2, -0.15) is 5.10 Å². The minimum absolute atomic E-state index is 0.278. The van der Waals surface area contributed by atoms with E-state index in [1.165, 1.54) is 10.9 Å². The quantitative estimate of drug-likeness (QED) is 0.819. The number of rotatable bonds is 4. The minimum atomic E-state index is -1.00. The molecule has 0 saturated carbocycles. The molecule has 0 aliphatic carbocycles. The average molecular weight is 334 g/mol. The SMILES string of the molecule is OC(CBr)C(O)c1cnn(-c2ccc(Cl)nn2)c1. The average Bonchev–Trinajstić information content (AvgIpc) is 2.87. The van der Waals surface area contributed by atoms with E-state index in [9.17, 15) is 10.2 Å². The highest BCUT2D eigenvalue weighted by Crippen LogP contribution is 2.18. The van der Waals surface area contributed by atoms with E-state index in [-0.39, 0.29) is 5.33 Å². The predicted molar refractivity (Wildman–Crippen MR) is 68.9 cm³/mol. The summed E-state index contributed by atoms with van der Waals surface area (Å²) in [6.45, 7) is 0. The summed E-state index contributed by atoms with van der Waals surface area (Å²) in [5, 5.41) is 31.5. The van der Waals surface area contributed by atoms with E-state index in [1.54, 1.807) is 18.3 Å². The van der Waals surface area contributed by atoms with E-state index < -0.39 is 12.2 Å². The Labute approximate surface area is 116 Å². The first-order valence-electron chi connectivity index (χ1n) is 5.08. The van der Waals surface area contributed by atoms with Crippen LogP contribution in [0.4, 0.5) is 0 Å². The maximum absolute atomic E-state index is 9.80. The first-order chi connectivity index (χ1) is 8.61. The summed E-state index contributed by atoms with van der Waals surface area (Å²) in [6.07, 6.45) is 1.15. The molecule has 96 valence electrons. The third kappa shape index (κ3) is 2.86. The molecule has 6 nitrogen and oxygen atoms in total. The number of aliphatic hydroxyl groups is 2. The van der Waals surface area contributed by atoms with E-state index >= 15 is 0 Å². The smallest absolute Gasteiger partial charge is 0.175 e. The van der Waals surface area contributed by atoms with Crippen molar-refractivity contribution in [1.29, 1.82) is 0 Å². The van der Waals surface area contributed by atoms with Crippen molar-refractivity contribution in [1.82, 2.24) is 20.0 Å². The van der Waals surface area contributed by atoms with Crippen molar-refractivity contribution < 1.29 is 10.2 Å². The summed E-state index contributed by atoms with van der Waals surface area (Å²) in [5.74, 6) is 0.478. The minimum Gasteiger partial charge on any atom is -0.389 e. The van der Waals surface area contributed by atoms with Gasteiger partial charge in [0.15, 0.2) is 11.0 Å². The zero-order chi connectivity index (χ0) is 13.1. The molecule has 0 spiro atoms. The van der Waals surface area contributed by atoms with Crippen LogP contribution in [-0.2, 0) is 0 Å². The van der Waals surface area contributed by atoms with Crippen LogP contribution in [0, 0.1) is 0 Å². The molecule has 2 aromatic heterocycles. The van der Waals surface area contributed by atoms with Crippen LogP contribution in [0.15, 0.2) is 24.5 Å². The third-order valence-electron chi connectivity index (χ3n) is 2.32. The summed E-state index contributed by atoms with van der Waals surface area (Å²) < 4.78 is 1.45. The molecule has 0 aliphatic rings. The molecule has 2 heterocycles. The molecule has 18 heavy (non-hydrogen) atoms. The first kappa shape index (κ1) is 13.4. The molecule has 2 N–H and O–H groups in total. The van der Waals surface area contributed by atoms with Crippen molar-refractivity contribution in [2.24, 2.45) is 0 Å². The molecule has 0 radical (unpaired) electrons. The fourth-order valence-electron chi connectivity index (χ4n) is 1.35. The zero-order valence-electron chi connectivity index (χ0n) is 9.11. The van der Waals surface area contributed by atoms with Crippen LogP contribution in [0.25, 0.3) is 5.82 Å². The highest BCUT2D eigenvalue weighted by Gasteiger charge is 2.19. The van der Waals surface area contributed by atoms with Gasteiger partial charge in [-0.1, -0.05) is 27.5 Å². The van der Waals surface area contributed by atoms with Crippen LogP contribution in [-0.4, -0.2) is 41.6 Å². The Hall–Kier alpha value is -1.02. The lowest BCUT2D eigenvalue weighted by Crippen LogP contribution is -2.18.